The average molecular weight is 1020 g/mol. The van der Waals surface area contributed by atoms with Gasteiger partial charge in [-0.25, -0.2) is 0 Å². The summed E-state index contributed by atoms with van der Waals surface area (Å²) in [5, 5.41) is 12.5. The Kier molecular flexibility index (Phi) is 12.2. The van der Waals surface area contributed by atoms with Crippen molar-refractivity contribution in [3.63, 3.8) is 0 Å². The third-order valence-corrected chi connectivity index (χ3v) is 11.9. The Morgan fingerprint density at radius 2 is 0.941 bits per heavy atom. The second-order valence-corrected chi connectivity index (χ2v) is 18.2. The van der Waals surface area contributed by atoms with Gasteiger partial charge < -0.3 is 0 Å². The zero-order valence-corrected chi connectivity index (χ0v) is 37.8. The van der Waals surface area contributed by atoms with Gasteiger partial charge in [-0.15, -0.1) is 56.4 Å². The Morgan fingerprint density at radius 3 is 1.49 bits per heavy atom. The fourth-order valence-electron chi connectivity index (χ4n) is 7.43. The maximum absolute atomic E-state index is 12.5. The third kappa shape index (κ3) is 9.44. The molecule has 0 bridgehead atoms. The highest BCUT2D eigenvalue weighted by molar-refractivity contribution is 7.86. The molecule has 0 aliphatic carbocycles. The molecule has 0 spiro atoms. The van der Waals surface area contributed by atoms with Gasteiger partial charge in [-0.05, 0) is 94.7 Å². The number of fused-ring (bicyclic) bond motifs is 12. The van der Waals surface area contributed by atoms with Crippen LogP contribution in [0.5, 0.6) is 0 Å². The zero-order chi connectivity index (χ0) is 48.8. The summed E-state index contributed by atoms with van der Waals surface area (Å²) in [7, 11) is -18.2. The molecule has 0 radical (unpaired) electrons. The van der Waals surface area contributed by atoms with Crippen LogP contribution in [0.4, 0.5) is 11.4 Å². The van der Waals surface area contributed by atoms with Gasteiger partial charge in [0.05, 0.1) is 27.6 Å². The van der Waals surface area contributed by atoms with Gasteiger partial charge in [0.25, 0.3) is 20.2 Å². The minimum atomic E-state index is -4.53. The highest BCUT2D eigenvalue weighted by atomic mass is 32.2. The SMILES string of the molecule is O=S(=O)(O)c1ccc2c(ccc3c2n2n(-c4ccc(N=Nc5ccc(C=Cc6ccc(-n7n8c9ccc%10ccccc%10c9n78)cc6S(=O)(=O)O)cc5)cc4)n32)c1.O=S(=O)=O.O=S(=O)=O.O=S(=O)=O. The normalized spacial score (nSPS) is 12.0. The fraction of sp³-hybridized carbons (Fsp3) is 0. The van der Waals surface area contributed by atoms with Gasteiger partial charge in [-0.2, -0.15) is 36.7 Å². The first-order chi connectivity index (χ1) is 32.2. The Balaban J connectivity index is 0.000000470. The van der Waals surface area contributed by atoms with Crippen LogP contribution in [-0.2, 0) is 52.1 Å². The molecule has 7 aromatic carbocycles. The van der Waals surface area contributed by atoms with E-state index in [0.717, 1.165) is 49.5 Å². The number of aromatic nitrogens is 6. The Morgan fingerprint density at radius 1 is 0.456 bits per heavy atom. The second-order valence-electron chi connectivity index (χ2n) is 14.1. The first-order valence-electron chi connectivity index (χ1n) is 18.8. The number of nitrogens with zero attached hydrogens (tertiary/aromatic N) is 8. The molecule has 4 heterocycles. The number of hydrogen-bond donors (Lipinski definition) is 2. The highest BCUT2D eigenvalue weighted by Gasteiger charge is 2.28. The molecule has 28 heteroatoms. The zero-order valence-electron chi connectivity index (χ0n) is 33.7. The van der Waals surface area contributed by atoms with Gasteiger partial charge in [0.1, 0.15) is 27.0 Å². The topological polar surface area (TPSA) is 315 Å². The fourth-order valence-corrected chi connectivity index (χ4v) is 8.65. The number of benzene rings is 7. The smallest absolute Gasteiger partial charge is 0.282 e. The van der Waals surface area contributed by atoms with Gasteiger partial charge in [0, 0.05) is 10.8 Å². The largest absolute Gasteiger partial charge is 0.425 e. The molecule has 0 saturated carbocycles. The van der Waals surface area contributed by atoms with Crippen molar-refractivity contribution in [2.75, 3.05) is 0 Å². The van der Waals surface area contributed by atoms with Crippen LogP contribution >= 0.6 is 0 Å². The van der Waals surface area contributed by atoms with E-state index in [1.165, 1.54) is 18.2 Å². The molecule has 68 heavy (non-hydrogen) atoms. The van der Waals surface area contributed by atoms with E-state index in [-0.39, 0.29) is 9.79 Å². The van der Waals surface area contributed by atoms with Crippen molar-refractivity contribution in [2.24, 2.45) is 10.2 Å². The Bertz CT molecular complexity index is 4310. The van der Waals surface area contributed by atoms with E-state index in [1.807, 2.05) is 101 Å². The van der Waals surface area contributed by atoms with Crippen molar-refractivity contribution in [3.8, 4) is 11.4 Å². The second kappa shape index (κ2) is 17.9. The third-order valence-electron chi connectivity index (χ3n) is 10.2. The maximum atomic E-state index is 12.5. The molecule has 11 aromatic rings. The first kappa shape index (κ1) is 46.4. The molecular formula is C40H26N8O15S5. The summed E-state index contributed by atoms with van der Waals surface area (Å²) >= 11 is 0. The summed E-state index contributed by atoms with van der Waals surface area (Å²) in [5.74, 6) is 0. The van der Waals surface area contributed by atoms with Gasteiger partial charge in [-0.1, -0.05) is 72.8 Å². The first-order valence-corrected chi connectivity index (χ1v) is 24.7. The van der Waals surface area contributed by atoms with Gasteiger partial charge in [0.2, 0.25) is 0 Å². The number of rotatable bonds is 8. The van der Waals surface area contributed by atoms with E-state index in [0.29, 0.717) is 28.0 Å². The van der Waals surface area contributed by atoms with Crippen LogP contribution in [0.25, 0.3) is 67.1 Å². The van der Waals surface area contributed by atoms with E-state index in [9.17, 15) is 25.9 Å². The van der Waals surface area contributed by atoms with Crippen LogP contribution < -0.4 is 0 Å². The monoisotopic (exact) mass is 1020 g/mol. The van der Waals surface area contributed by atoms with E-state index in [2.05, 4.69) is 28.4 Å². The predicted molar refractivity (Wildman–Crippen MR) is 241 cm³/mol. The van der Waals surface area contributed by atoms with Crippen LogP contribution in [0.2, 0.25) is 0 Å². The molecule has 0 aliphatic rings. The molecule has 4 aromatic heterocycles. The lowest BCUT2D eigenvalue weighted by molar-refractivity contribution is 0.481. The van der Waals surface area contributed by atoms with Gasteiger partial charge in [-0.3, -0.25) is 9.11 Å². The Hall–Kier alpha value is -8.12. The highest BCUT2D eigenvalue weighted by Crippen LogP contribution is 2.36. The average Bonchev–Trinajstić information content (AvgIpc) is 4.13. The maximum Gasteiger partial charge on any atom is 0.425 e. The van der Waals surface area contributed by atoms with Crippen LogP contribution in [0, 0.1) is 0 Å². The molecule has 0 unspecified atom stereocenters. The van der Waals surface area contributed by atoms with Crippen LogP contribution in [-0.4, -0.2) is 91.9 Å². The quantitative estimate of drug-likeness (QED) is 0.107. The summed E-state index contributed by atoms with van der Waals surface area (Å²) < 4.78 is 152. The van der Waals surface area contributed by atoms with Crippen molar-refractivity contribution in [2.45, 2.75) is 9.79 Å². The standard InChI is InChI=1S/C40H26N8O6S2.3O3S/c49-55(50,51)33-19-20-35-28(23-33)11-22-37-40(35)47-43(45(37)47)31-17-14-30(15-18-31)42-41-29-12-6-25(7-13-29)5-8-27-9-16-32(24-38(27)56(52,53)54)44-46-36-21-10-26-3-1-2-4-34(26)39(36)48(44)46;3*1-4(2)3/h1-24H,(H,49,50,51)(H,52,53,54);;;. The van der Waals surface area contributed by atoms with Crippen molar-refractivity contribution in [1.29, 1.82) is 0 Å². The van der Waals surface area contributed by atoms with Crippen molar-refractivity contribution in [3.05, 3.63) is 145 Å². The van der Waals surface area contributed by atoms with Gasteiger partial charge >= 0.3 is 31.8 Å². The molecular weight excluding hydrogens is 993 g/mol. The lowest BCUT2D eigenvalue weighted by Crippen LogP contribution is -2.02. The molecule has 23 nitrogen and oxygen atoms in total. The van der Waals surface area contributed by atoms with E-state index >= 15 is 0 Å². The Labute approximate surface area is 385 Å². The number of azo groups is 1. The molecule has 0 saturated heterocycles. The number of hydrogen-bond acceptors (Lipinski definition) is 15. The molecule has 346 valence electrons. The van der Waals surface area contributed by atoms with Crippen molar-refractivity contribution < 1.29 is 63.8 Å². The molecule has 0 fully saturated rings. The van der Waals surface area contributed by atoms with Crippen molar-refractivity contribution in [1.82, 2.24) is 28.1 Å². The van der Waals surface area contributed by atoms with Crippen LogP contribution in [0.1, 0.15) is 11.1 Å². The van der Waals surface area contributed by atoms with Crippen molar-refractivity contribution >= 4 is 119 Å². The van der Waals surface area contributed by atoms with Crippen LogP contribution in [0.3, 0.4) is 0 Å². The summed E-state index contributed by atoms with van der Waals surface area (Å²) in [4.78, 5) is 3.50. The minimum absolute atomic E-state index is 0.146. The van der Waals surface area contributed by atoms with Gasteiger partial charge in [0.15, 0.2) is 0 Å². The minimum Gasteiger partial charge on any atom is -0.282 e. The van der Waals surface area contributed by atoms with E-state index in [4.69, 9.17) is 37.9 Å². The molecule has 0 aliphatic heterocycles. The molecule has 11 rings (SSSR count). The molecule has 0 atom stereocenters. The van der Waals surface area contributed by atoms with E-state index in [1.54, 1.807) is 36.4 Å². The van der Waals surface area contributed by atoms with Crippen LogP contribution in [0.15, 0.2) is 153 Å². The summed E-state index contributed by atoms with van der Waals surface area (Å²) in [5.41, 5.74) is 7.92. The lowest BCUT2D eigenvalue weighted by atomic mass is 10.1. The summed E-state index contributed by atoms with van der Waals surface area (Å²) in [6.45, 7) is 0. The molecule has 2 N–H and O–H groups in total. The summed E-state index contributed by atoms with van der Waals surface area (Å²) in [6.07, 6.45) is 3.42. The lowest BCUT2D eigenvalue weighted by Gasteiger charge is -2.05. The summed E-state index contributed by atoms with van der Waals surface area (Å²) in [6, 6.07) is 40.3. The van der Waals surface area contributed by atoms with E-state index < -0.39 is 52.1 Å². The predicted octanol–water partition coefficient (Wildman–Crippen LogP) is 5.53. The molecule has 0 amide bonds.